The molecule has 2 atom stereocenters. The van der Waals surface area contributed by atoms with Crippen LogP contribution in [-0.4, -0.2) is 28.7 Å². The molecule has 1 aromatic heterocycles. The summed E-state index contributed by atoms with van der Waals surface area (Å²) in [5, 5.41) is 10.6. The number of carboxylic acid groups (broad SMARTS) is 1. The molecule has 0 saturated carbocycles. The third-order valence-corrected chi connectivity index (χ3v) is 3.30. The second-order valence-electron chi connectivity index (χ2n) is 5.29. The molecule has 0 aliphatic heterocycles. The second kappa shape index (κ2) is 6.16. The van der Waals surface area contributed by atoms with E-state index in [4.69, 9.17) is 15.6 Å². The molecule has 0 saturated heterocycles. The van der Waals surface area contributed by atoms with Crippen molar-refractivity contribution in [1.29, 1.82) is 0 Å². The van der Waals surface area contributed by atoms with Crippen LogP contribution in [-0.2, 0) is 14.3 Å². The van der Waals surface area contributed by atoms with E-state index in [9.17, 15) is 9.59 Å². The first kappa shape index (κ1) is 15.7. The molecule has 6 heteroatoms. The molecule has 0 spiro atoms. The van der Waals surface area contributed by atoms with Gasteiger partial charge < -0.3 is 15.6 Å². The van der Waals surface area contributed by atoms with E-state index in [0.717, 1.165) is 4.88 Å². The van der Waals surface area contributed by atoms with Gasteiger partial charge in [0.25, 0.3) is 0 Å². The zero-order chi connectivity index (χ0) is 14.6. The van der Waals surface area contributed by atoms with E-state index in [1.807, 2.05) is 5.38 Å². The number of hydrogen-bond donors (Lipinski definition) is 2. The number of ether oxygens (including phenoxy) is 1. The summed E-state index contributed by atoms with van der Waals surface area (Å²) in [6.45, 7) is 5.29. The Morgan fingerprint density at radius 2 is 2.11 bits per heavy atom. The van der Waals surface area contributed by atoms with Gasteiger partial charge in [0.2, 0.25) is 0 Å². The molecule has 0 aliphatic carbocycles. The third kappa shape index (κ3) is 5.00. The predicted octanol–water partition coefficient (Wildman–Crippen LogP) is 1.98. The van der Waals surface area contributed by atoms with Crippen LogP contribution in [0.15, 0.2) is 17.5 Å². The minimum Gasteiger partial charge on any atom is -0.481 e. The normalized spacial score (nSPS) is 14.7. The number of carbonyl (C=O) groups excluding carboxylic acids is 1. The van der Waals surface area contributed by atoms with Crippen LogP contribution < -0.4 is 5.73 Å². The summed E-state index contributed by atoms with van der Waals surface area (Å²) in [7, 11) is 0. The Balaban J connectivity index is 2.93. The van der Waals surface area contributed by atoms with Crippen molar-refractivity contribution in [2.45, 2.75) is 44.8 Å². The number of carbonyl (C=O) groups is 2. The molecule has 0 aromatic carbocycles. The molecule has 3 N–H and O–H groups in total. The minimum absolute atomic E-state index is 0.276. The fourth-order valence-electron chi connectivity index (χ4n) is 1.65. The van der Waals surface area contributed by atoms with Gasteiger partial charge in [0.05, 0.1) is 6.42 Å². The zero-order valence-corrected chi connectivity index (χ0v) is 12.1. The van der Waals surface area contributed by atoms with Gasteiger partial charge in [-0.25, -0.2) is 0 Å². The lowest BCUT2D eigenvalue weighted by atomic mass is 9.95. The van der Waals surface area contributed by atoms with Crippen LogP contribution in [0.25, 0.3) is 0 Å². The van der Waals surface area contributed by atoms with Crippen molar-refractivity contribution in [3.63, 3.8) is 0 Å². The van der Waals surface area contributed by atoms with Crippen molar-refractivity contribution in [2.24, 2.45) is 5.73 Å². The summed E-state index contributed by atoms with van der Waals surface area (Å²) >= 11 is 1.37. The molecule has 0 radical (unpaired) electrons. The number of esters is 1. The molecule has 5 nitrogen and oxygen atoms in total. The van der Waals surface area contributed by atoms with Gasteiger partial charge in [-0.3, -0.25) is 9.59 Å². The summed E-state index contributed by atoms with van der Waals surface area (Å²) in [6.07, 6.45) is -0.276. The Hall–Kier alpha value is -1.40. The third-order valence-electron chi connectivity index (χ3n) is 2.35. The van der Waals surface area contributed by atoms with Crippen LogP contribution in [0.3, 0.4) is 0 Å². The summed E-state index contributed by atoms with van der Waals surface area (Å²) in [5.41, 5.74) is 5.23. The Kier molecular flexibility index (Phi) is 5.08. The quantitative estimate of drug-likeness (QED) is 0.807. The summed E-state index contributed by atoms with van der Waals surface area (Å²) in [4.78, 5) is 23.7. The second-order valence-corrected chi connectivity index (χ2v) is 6.27. The zero-order valence-electron chi connectivity index (χ0n) is 11.3. The maximum atomic E-state index is 12.2. The lowest BCUT2D eigenvalue weighted by Crippen LogP contribution is -2.38. The van der Waals surface area contributed by atoms with Crippen LogP contribution in [0.1, 0.15) is 38.0 Å². The van der Waals surface area contributed by atoms with Gasteiger partial charge in [0.15, 0.2) is 0 Å². The van der Waals surface area contributed by atoms with Gasteiger partial charge in [0.1, 0.15) is 11.5 Å². The molecule has 1 unspecified atom stereocenters. The molecule has 0 amide bonds. The lowest BCUT2D eigenvalue weighted by Gasteiger charge is -2.26. The molecule has 106 valence electrons. The molecule has 1 rings (SSSR count). The Bertz CT molecular complexity index is 436. The number of carboxylic acids is 1. The number of thiophene rings is 1. The van der Waals surface area contributed by atoms with E-state index in [1.54, 1.807) is 32.9 Å². The van der Waals surface area contributed by atoms with Crippen molar-refractivity contribution in [2.75, 3.05) is 0 Å². The van der Waals surface area contributed by atoms with Crippen LogP contribution in [0.5, 0.6) is 0 Å². The van der Waals surface area contributed by atoms with Gasteiger partial charge in [-0.1, -0.05) is 6.07 Å². The highest BCUT2D eigenvalue weighted by Crippen LogP contribution is 2.28. The van der Waals surface area contributed by atoms with E-state index in [0.29, 0.717) is 0 Å². The summed E-state index contributed by atoms with van der Waals surface area (Å²) in [5.74, 6) is -2.25. The molecular weight excluding hydrogens is 266 g/mol. The van der Waals surface area contributed by atoms with Gasteiger partial charge >= 0.3 is 11.9 Å². The van der Waals surface area contributed by atoms with Crippen LogP contribution in [0.2, 0.25) is 0 Å². The largest absolute Gasteiger partial charge is 0.481 e. The van der Waals surface area contributed by atoms with Crippen molar-refractivity contribution in [3.8, 4) is 0 Å². The molecule has 0 fully saturated rings. The van der Waals surface area contributed by atoms with Crippen LogP contribution >= 0.6 is 11.3 Å². The Morgan fingerprint density at radius 1 is 1.47 bits per heavy atom. The van der Waals surface area contributed by atoms with Gasteiger partial charge in [-0.05, 0) is 32.2 Å². The number of hydrogen-bond acceptors (Lipinski definition) is 5. The summed E-state index contributed by atoms with van der Waals surface area (Å²) in [6, 6.07) is 2.76. The highest BCUT2D eigenvalue weighted by Gasteiger charge is 2.33. The number of nitrogens with two attached hydrogens (primary N) is 1. The first-order chi connectivity index (χ1) is 8.70. The number of rotatable bonds is 5. The van der Waals surface area contributed by atoms with E-state index < -0.39 is 29.5 Å². The molecule has 1 aromatic rings. The Morgan fingerprint density at radius 3 is 2.53 bits per heavy atom. The van der Waals surface area contributed by atoms with E-state index >= 15 is 0 Å². The first-order valence-corrected chi connectivity index (χ1v) is 6.82. The topological polar surface area (TPSA) is 89.6 Å². The van der Waals surface area contributed by atoms with E-state index in [1.165, 1.54) is 11.3 Å². The van der Waals surface area contributed by atoms with E-state index in [2.05, 4.69) is 0 Å². The highest BCUT2D eigenvalue weighted by molar-refractivity contribution is 7.10. The molecule has 0 aliphatic rings. The van der Waals surface area contributed by atoms with Gasteiger partial charge in [-0.15, -0.1) is 11.3 Å². The monoisotopic (exact) mass is 285 g/mol. The molecular formula is C13H19NO4S. The highest BCUT2D eigenvalue weighted by atomic mass is 32.1. The van der Waals surface area contributed by atoms with Crippen molar-refractivity contribution < 1.29 is 19.4 Å². The summed E-state index contributed by atoms with van der Waals surface area (Å²) < 4.78 is 5.32. The van der Waals surface area contributed by atoms with Crippen molar-refractivity contribution in [1.82, 2.24) is 0 Å². The Labute approximate surface area is 116 Å². The van der Waals surface area contributed by atoms with Gasteiger partial charge in [-0.2, -0.15) is 0 Å². The van der Waals surface area contributed by atoms with Crippen molar-refractivity contribution in [3.05, 3.63) is 22.4 Å². The van der Waals surface area contributed by atoms with Gasteiger partial charge in [0, 0.05) is 10.9 Å². The molecule has 19 heavy (non-hydrogen) atoms. The average molecular weight is 285 g/mol. The minimum atomic E-state index is -1.03. The molecule has 1 heterocycles. The van der Waals surface area contributed by atoms with Crippen molar-refractivity contribution >= 4 is 23.3 Å². The first-order valence-electron chi connectivity index (χ1n) is 5.94. The van der Waals surface area contributed by atoms with E-state index in [-0.39, 0.29) is 6.42 Å². The van der Waals surface area contributed by atoms with Crippen LogP contribution in [0, 0.1) is 0 Å². The average Bonchev–Trinajstić information content (AvgIpc) is 2.66. The maximum Gasteiger partial charge on any atom is 0.316 e. The smallest absolute Gasteiger partial charge is 0.316 e. The predicted molar refractivity (Wildman–Crippen MR) is 73.1 cm³/mol. The lowest BCUT2D eigenvalue weighted by molar-refractivity contribution is -0.157. The molecule has 0 bridgehead atoms. The fourth-order valence-corrected chi connectivity index (χ4v) is 2.54. The fraction of sp³-hybridized carbons (Fsp3) is 0.538. The maximum absolute atomic E-state index is 12.2. The number of aliphatic carboxylic acids is 1. The SMILES string of the molecule is CC(C)(C)OC(=O)C(c1cccs1)[C@H](N)CC(=O)O. The van der Waals surface area contributed by atoms with Crippen LogP contribution in [0.4, 0.5) is 0 Å². The standard InChI is InChI=1S/C13H19NO4S/c1-13(2,3)18-12(17)11(8(14)7-10(15)16)9-5-4-6-19-9/h4-6,8,11H,7,14H2,1-3H3,(H,15,16)/t8-,11?/m1/s1.